The Bertz CT molecular complexity index is 405. The fraction of sp³-hybridized carbons (Fsp3) is 0.0833. The molecule has 1 heterocycles. The summed E-state index contributed by atoms with van der Waals surface area (Å²) in [6.45, 7) is 0.631. The lowest BCUT2D eigenvalue weighted by Crippen LogP contribution is -2.00. The van der Waals surface area contributed by atoms with Crippen molar-refractivity contribution in [3.05, 3.63) is 54.0 Å². The average molecular weight is 217 g/mol. The Kier molecular flexibility index (Phi) is 3.00. The third-order valence-electron chi connectivity index (χ3n) is 2.20. The summed E-state index contributed by atoms with van der Waals surface area (Å²) in [4.78, 5) is 3.96. The summed E-state index contributed by atoms with van der Waals surface area (Å²) < 4.78 is 12.7. The molecule has 3 N–H and O–H groups in total. The third kappa shape index (κ3) is 2.70. The molecule has 0 radical (unpaired) electrons. The summed E-state index contributed by atoms with van der Waals surface area (Å²) in [5, 5.41) is 3.17. The third-order valence-corrected chi connectivity index (χ3v) is 2.20. The second-order valence-corrected chi connectivity index (χ2v) is 3.45. The van der Waals surface area contributed by atoms with Crippen molar-refractivity contribution < 1.29 is 4.39 Å². The number of halogens is 1. The number of aromatic nitrogens is 1. The molecule has 82 valence electrons. The van der Waals surface area contributed by atoms with Gasteiger partial charge in [0.05, 0.1) is 11.9 Å². The van der Waals surface area contributed by atoms with Gasteiger partial charge >= 0.3 is 0 Å². The fourth-order valence-corrected chi connectivity index (χ4v) is 1.32. The Morgan fingerprint density at radius 2 is 1.88 bits per heavy atom. The molecule has 1 aromatic heterocycles. The van der Waals surface area contributed by atoms with E-state index in [0.29, 0.717) is 12.4 Å². The minimum atomic E-state index is -0.224. The number of benzene rings is 1. The molecule has 0 atom stereocenters. The van der Waals surface area contributed by atoms with E-state index in [0.717, 1.165) is 11.3 Å². The van der Waals surface area contributed by atoms with Crippen molar-refractivity contribution in [1.29, 1.82) is 0 Å². The number of pyridine rings is 1. The van der Waals surface area contributed by atoms with Gasteiger partial charge in [0.25, 0.3) is 0 Å². The Balaban J connectivity index is 1.97. The summed E-state index contributed by atoms with van der Waals surface area (Å²) in [5.74, 6) is 0.269. The molecule has 0 aliphatic carbocycles. The zero-order chi connectivity index (χ0) is 11.4. The molecule has 0 amide bonds. The standard InChI is InChI=1S/C12H12FN3/c13-10-3-1-9(2-4-10)7-15-11-5-6-12(14)16-8-11/h1-6,8,15H,7H2,(H2,14,16). The molecular weight excluding hydrogens is 205 g/mol. The Morgan fingerprint density at radius 1 is 1.12 bits per heavy atom. The Hall–Kier alpha value is -2.10. The highest BCUT2D eigenvalue weighted by Gasteiger charge is 1.95. The molecule has 0 aliphatic rings. The lowest BCUT2D eigenvalue weighted by molar-refractivity contribution is 0.627. The van der Waals surface area contributed by atoms with Crippen molar-refractivity contribution >= 4 is 11.5 Å². The molecule has 2 aromatic rings. The van der Waals surface area contributed by atoms with Gasteiger partial charge in [-0.3, -0.25) is 0 Å². The van der Waals surface area contributed by atoms with Gasteiger partial charge < -0.3 is 11.1 Å². The number of nitrogens with one attached hydrogen (secondary N) is 1. The Morgan fingerprint density at radius 3 is 2.50 bits per heavy atom. The van der Waals surface area contributed by atoms with Crippen molar-refractivity contribution in [2.24, 2.45) is 0 Å². The van der Waals surface area contributed by atoms with Crippen molar-refractivity contribution in [1.82, 2.24) is 4.98 Å². The molecule has 0 aliphatic heterocycles. The molecule has 0 fully saturated rings. The first kappa shape index (κ1) is 10.4. The number of nitrogens with zero attached hydrogens (tertiary/aromatic N) is 1. The molecule has 16 heavy (non-hydrogen) atoms. The van der Waals surface area contributed by atoms with Gasteiger partial charge in [-0.1, -0.05) is 12.1 Å². The average Bonchev–Trinajstić information content (AvgIpc) is 2.30. The fourth-order valence-electron chi connectivity index (χ4n) is 1.32. The van der Waals surface area contributed by atoms with Crippen LogP contribution in [0.15, 0.2) is 42.6 Å². The van der Waals surface area contributed by atoms with E-state index in [2.05, 4.69) is 10.3 Å². The van der Waals surface area contributed by atoms with Gasteiger partial charge in [0.2, 0.25) is 0 Å². The maximum absolute atomic E-state index is 12.7. The lowest BCUT2D eigenvalue weighted by atomic mass is 10.2. The van der Waals surface area contributed by atoms with E-state index < -0.39 is 0 Å². The van der Waals surface area contributed by atoms with E-state index in [-0.39, 0.29) is 5.82 Å². The second-order valence-electron chi connectivity index (χ2n) is 3.45. The summed E-state index contributed by atoms with van der Waals surface area (Å²) >= 11 is 0. The van der Waals surface area contributed by atoms with Crippen molar-refractivity contribution in [2.75, 3.05) is 11.1 Å². The molecule has 4 heteroatoms. The largest absolute Gasteiger partial charge is 0.384 e. The summed E-state index contributed by atoms with van der Waals surface area (Å²) in [7, 11) is 0. The van der Waals surface area contributed by atoms with Crippen LogP contribution in [0.2, 0.25) is 0 Å². The first-order valence-corrected chi connectivity index (χ1v) is 4.94. The van der Waals surface area contributed by atoms with Gasteiger partial charge in [-0.15, -0.1) is 0 Å². The van der Waals surface area contributed by atoms with E-state index in [4.69, 9.17) is 5.73 Å². The van der Waals surface area contributed by atoms with Crippen molar-refractivity contribution in [3.8, 4) is 0 Å². The minimum Gasteiger partial charge on any atom is -0.384 e. The van der Waals surface area contributed by atoms with Gasteiger partial charge in [-0.05, 0) is 29.8 Å². The number of nitrogens with two attached hydrogens (primary N) is 1. The lowest BCUT2D eigenvalue weighted by Gasteiger charge is -2.06. The zero-order valence-electron chi connectivity index (χ0n) is 8.65. The molecule has 3 nitrogen and oxygen atoms in total. The van der Waals surface area contributed by atoms with Crippen LogP contribution < -0.4 is 11.1 Å². The van der Waals surface area contributed by atoms with Gasteiger partial charge in [0.1, 0.15) is 11.6 Å². The highest BCUT2D eigenvalue weighted by Crippen LogP contribution is 2.09. The number of rotatable bonds is 3. The zero-order valence-corrected chi connectivity index (χ0v) is 8.65. The normalized spacial score (nSPS) is 10.1. The second kappa shape index (κ2) is 4.61. The quantitative estimate of drug-likeness (QED) is 0.830. The predicted molar refractivity (Wildman–Crippen MR) is 62.4 cm³/mol. The van der Waals surface area contributed by atoms with Crippen molar-refractivity contribution in [3.63, 3.8) is 0 Å². The molecule has 0 spiro atoms. The summed E-state index contributed by atoms with van der Waals surface area (Å²) in [6.07, 6.45) is 1.67. The van der Waals surface area contributed by atoms with Crippen LogP contribution >= 0.6 is 0 Å². The van der Waals surface area contributed by atoms with E-state index >= 15 is 0 Å². The maximum atomic E-state index is 12.7. The summed E-state index contributed by atoms with van der Waals surface area (Å²) in [5.41, 5.74) is 7.37. The Labute approximate surface area is 93.1 Å². The van der Waals surface area contributed by atoms with Crippen LogP contribution in [0.3, 0.4) is 0 Å². The van der Waals surface area contributed by atoms with Crippen LogP contribution in [-0.2, 0) is 6.54 Å². The van der Waals surface area contributed by atoms with Crippen LogP contribution in [0.4, 0.5) is 15.9 Å². The summed E-state index contributed by atoms with van der Waals surface area (Å²) in [6, 6.07) is 9.95. The predicted octanol–water partition coefficient (Wildman–Crippen LogP) is 2.42. The van der Waals surface area contributed by atoms with Gasteiger partial charge in [0.15, 0.2) is 0 Å². The molecule has 0 unspecified atom stereocenters. The van der Waals surface area contributed by atoms with Crippen LogP contribution in [0, 0.1) is 5.82 Å². The number of hydrogen-bond donors (Lipinski definition) is 2. The monoisotopic (exact) mass is 217 g/mol. The maximum Gasteiger partial charge on any atom is 0.123 e. The first-order chi connectivity index (χ1) is 7.74. The van der Waals surface area contributed by atoms with Crippen LogP contribution in [0.25, 0.3) is 0 Å². The molecule has 0 saturated carbocycles. The van der Waals surface area contributed by atoms with E-state index in [1.54, 1.807) is 24.4 Å². The van der Waals surface area contributed by atoms with Gasteiger partial charge in [-0.2, -0.15) is 0 Å². The molecule has 2 rings (SSSR count). The van der Waals surface area contributed by atoms with Crippen LogP contribution in [0.1, 0.15) is 5.56 Å². The molecule has 1 aromatic carbocycles. The van der Waals surface area contributed by atoms with Gasteiger partial charge in [-0.25, -0.2) is 9.37 Å². The highest BCUT2D eigenvalue weighted by molar-refractivity contribution is 5.45. The van der Waals surface area contributed by atoms with Crippen molar-refractivity contribution in [2.45, 2.75) is 6.54 Å². The smallest absolute Gasteiger partial charge is 0.123 e. The van der Waals surface area contributed by atoms with Gasteiger partial charge in [0, 0.05) is 6.54 Å². The van der Waals surface area contributed by atoms with E-state index in [1.807, 2.05) is 6.07 Å². The number of nitrogen functional groups attached to an aromatic ring is 1. The van der Waals surface area contributed by atoms with Crippen LogP contribution in [0.5, 0.6) is 0 Å². The minimum absolute atomic E-state index is 0.224. The SMILES string of the molecule is Nc1ccc(NCc2ccc(F)cc2)cn1. The van der Waals surface area contributed by atoms with E-state index in [1.165, 1.54) is 12.1 Å². The van der Waals surface area contributed by atoms with E-state index in [9.17, 15) is 4.39 Å². The molecular formula is C12H12FN3. The topological polar surface area (TPSA) is 50.9 Å². The van der Waals surface area contributed by atoms with Crippen LogP contribution in [-0.4, -0.2) is 4.98 Å². The molecule has 0 saturated heterocycles. The number of anilines is 2. The number of hydrogen-bond acceptors (Lipinski definition) is 3. The first-order valence-electron chi connectivity index (χ1n) is 4.94. The molecule has 0 bridgehead atoms. The highest BCUT2D eigenvalue weighted by atomic mass is 19.1.